The number of rotatable bonds is 4. The zero-order valence-electron chi connectivity index (χ0n) is 11.3. The zero-order valence-corrected chi connectivity index (χ0v) is 13.6. The molecule has 0 aliphatic heterocycles. The number of nitrogens with two attached hydrogens (primary N) is 1. The zero-order chi connectivity index (χ0) is 15.6. The molecule has 4 nitrogen and oxygen atoms in total. The first-order valence-corrected chi connectivity index (χ1v) is 8.27. The molecule has 0 aliphatic rings. The molecule has 0 aliphatic carbocycles. The lowest BCUT2D eigenvalue weighted by atomic mass is 10.2. The number of anilines is 1. The Morgan fingerprint density at radius 2 is 1.76 bits per heavy atom. The van der Waals surface area contributed by atoms with E-state index in [1.165, 1.54) is 17.4 Å². The SMILES string of the molecule is CN(Cc1cccc(Cl)c1Cl)S(=O)(=O)c1ccccc1N. The second-order valence-corrected chi connectivity index (χ2v) is 7.31. The lowest BCUT2D eigenvalue weighted by Gasteiger charge is -2.19. The van der Waals surface area contributed by atoms with E-state index in [0.29, 0.717) is 15.6 Å². The number of nitrogen functional groups attached to an aromatic ring is 1. The van der Waals surface area contributed by atoms with Gasteiger partial charge in [0.25, 0.3) is 0 Å². The van der Waals surface area contributed by atoms with Crippen molar-refractivity contribution in [1.29, 1.82) is 0 Å². The number of nitrogens with zero attached hydrogens (tertiary/aromatic N) is 1. The standard InChI is InChI=1S/C14H14Cl2N2O2S/c1-18(9-10-5-4-6-11(15)14(10)16)21(19,20)13-8-3-2-7-12(13)17/h2-8H,9,17H2,1H3. The van der Waals surface area contributed by atoms with Gasteiger partial charge in [0.1, 0.15) is 4.90 Å². The molecule has 2 aromatic carbocycles. The molecule has 0 heterocycles. The highest BCUT2D eigenvalue weighted by Crippen LogP contribution is 2.28. The Bertz CT molecular complexity index is 763. The van der Waals surface area contributed by atoms with Crippen LogP contribution in [0, 0.1) is 0 Å². The van der Waals surface area contributed by atoms with Crippen molar-refractivity contribution in [3.05, 3.63) is 58.1 Å². The van der Waals surface area contributed by atoms with Crippen LogP contribution < -0.4 is 5.73 Å². The number of hydrogen-bond donors (Lipinski definition) is 1. The van der Waals surface area contributed by atoms with E-state index in [4.69, 9.17) is 28.9 Å². The van der Waals surface area contributed by atoms with Crippen LogP contribution in [-0.2, 0) is 16.6 Å². The molecule has 0 saturated heterocycles. The van der Waals surface area contributed by atoms with Gasteiger partial charge in [-0.25, -0.2) is 8.42 Å². The number of halogens is 2. The van der Waals surface area contributed by atoms with Crippen molar-refractivity contribution < 1.29 is 8.42 Å². The Labute approximate surface area is 134 Å². The summed E-state index contributed by atoms with van der Waals surface area (Å²) in [5.74, 6) is 0. The van der Waals surface area contributed by atoms with Crippen LogP contribution in [0.15, 0.2) is 47.4 Å². The predicted octanol–water partition coefficient (Wildman–Crippen LogP) is 3.40. The van der Waals surface area contributed by atoms with E-state index in [2.05, 4.69) is 0 Å². The van der Waals surface area contributed by atoms with E-state index in [9.17, 15) is 8.42 Å². The average molecular weight is 345 g/mol. The summed E-state index contributed by atoms with van der Waals surface area (Å²) in [6.45, 7) is 0.107. The van der Waals surface area contributed by atoms with Crippen LogP contribution in [0.4, 0.5) is 5.69 Å². The van der Waals surface area contributed by atoms with E-state index < -0.39 is 10.0 Å². The summed E-state index contributed by atoms with van der Waals surface area (Å²) < 4.78 is 26.2. The third kappa shape index (κ3) is 3.32. The highest BCUT2D eigenvalue weighted by Gasteiger charge is 2.23. The van der Waals surface area contributed by atoms with E-state index in [0.717, 1.165) is 0 Å². The van der Waals surface area contributed by atoms with Crippen molar-refractivity contribution >= 4 is 38.9 Å². The molecule has 0 atom stereocenters. The van der Waals surface area contributed by atoms with Gasteiger partial charge in [0.15, 0.2) is 0 Å². The summed E-state index contributed by atoms with van der Waals surface area (Å²) in [4.78, 5) is 0.0747. The van der Waals surface area contributed by atoms with Gasteiger partial charge in [-0.15, -0.1) is 0 Å². The summed E-state index contributed by atoms with van der Waals surface area (Å²) >= 11 is 12.0. The normalized spacial score (nSPS) is 11.8. The van der Waals surface area contributed by atoms with E-state index in [-0.39, 0.29) is 17.1 Å². The third-order valence-corrected chi connectivity index (χ3v) is 5.77. The molecule has 0 aromatic heterocycles. The minimum atomic E-state index is -3.69. The van der Waals surface area contributed by atoms with Gasteiger partial charge in [0.05, 0.1) is 15.7 Å². The summed E-state index contributed by atoms with van der Waals surface area (Å²) in [7, 11) is -2.22. The molecule has 0 amide bonds. The Morgan fingerprint density at radius 3 is 2.43 bits per heavy atom. The molecule has 112 valence electrons. The summed E-state index contributed by atoms with van der Waals surface area (Å²) in [5.41, 5.74) is 6.58. The molecule has 21 heavy (non-hydrogen) atoms. The topological polar surface area (TPSA) is 63.4 Å². The van der Waals surface area contributed by atoms with Crippen LogP contribution >= 0.6 is 23.2 Å². The molecule has 2 N–H and O–H groups in total. The first-order valence-electron chi connectivity index (χ1n) is 6.08. The van der Waals surface area contributed by atoms with E-state index >= 15 is 0 Å². The molecule has 0 fully saturated rings. The second-order valence-electron chi connectivity index (χ2n) is 4.51. The van der Waals surface area contributed by atoms with Gasteiger partial charge in [0.2, 0.25) is 10.0 Å². The van der Waals surface area contributed by atoms with Crippen LogP contribution in [0.1, 0.15) is 5.56 Å². The number of sulfonamides is 1. The molecule has 0 unspecified atom stereocenters. The second kappa shape index (κ2) is 6.23. The Balaban J connectivity index is 2.34. The monoisotopic (exact) mass is 344 g/mol. The van der Waals surface area contributed by atoms with Crippen LogP contribution in [0.5, 0.6) is 0 Å². The maximum atomic E-state index is 12.5. The van der Waals surface area contributed by atoms with Crippen molar-refractivity contribution in [1.82, 2.24) is 4.31 Å². The molecule has 0 spiro atoms. The van der Waals surface area contributed by atoms with Gasteiger partial charge < -0.3 is 5.73 Å². The highest BCUT2D eigenvalue weighted by atomic mass is 35.5. The van der Waals surface area contributed by atoms with Crippen molar-refractivity contribution in [3.8, 4) is 0 Å². The summed E-state index contributed by atoms with van der Waals surface area (Å²) in [6, 6.07) is 11.4. The van der Waals surface area contributed by atoms with Crippen molar-refractivity contribution in [2.75, 3.05) is 12.8 Å². The molecule has 0 saturated carbocycles. The van der Waals surface area contributed by atoms with Gasteiger partial charge in [-0.2, -0.15) is 4.31 Å². The smallest absolute Gasteiger partial charge is 0.245 e. The molecule has 0 bridgehead atoms. The van der Waals surface area contributed by atoms with Crippen molar-refractivity contribution in [3.63, 3.8) is 0 Å². The Kier molecular flexibility index (Phi) is 4.78. The minimum Gasteiger partial charge on any atom is -0.398 e. The Morgan fingerprint density at radius 1 is 1.10 bits per heavy atom. The van der Waals surface area contributed by atoms with Gasteiger partial charge in [-0.3, -0.25) is 0 Å². The largest absolute Gasteiger partial charge is 0.398 e. The molecule has 2 aromatic rings. The fourth-order valence-corrected chi connectivity index (χ4v) is 3.52. The molecule has 7 heteroatoms. The Hall–Kier alpha value is -1.27. The lowest BCUT2D eigenvalue weighted by molar-refractivity contribution is 0.467. The van der Waals surface area contributed by atoms with Crippen LogP contribution in [0.2, 0.25) is 10.0 Å². The first kappa shape index (κ1) is 16.1. The van der Waals surface area contributed by atoms with E-state index in [1.54, 1.807) is 36.4 Å². The fraction of sp³-hybridized carbons (Fsp3) is 0.143. The molecular formula is C14H14Cl2N2O2S. The van der Waals surface area contributed by atoms with E-state index in [1.807, 2.05) is 0 Å². The summed E-state index contributed by atoms with van der Waals surface area (Å²) in [5, 5.41) is 0.737. The summed E-state index contributed by atoms with van der Waals surface area (Å²) in [6.07, 6.45) is 0. The quantitative estimate of drug-likeness (QED) is 0.864. The molecule has 2 rings (SSSR count). The predicted molar refractivity (Wildman–Crippen MR) is 86.0 cm³/mol. The van der Waals surface area contributed by atoms with Gasteiger partial charge in [0, 0.05) is 13.6 Å². The lowest BCUT2D eigenvalue weighted by Crippen LogP contribution is -2.27. The van der Waals surface area contributed by atoms with Crippen molar-refractivity contribution in [2.45, 2.75) is 11.4 Å². The fourth-order valence-electron chi connectivity index (χ4n) is 1.88. The van der Waals surface area contributed by atoms with Crippen LogP contribution in [0.3, 0.4) is 0 Å². The van der Waals surface area contributed by atoms with Crippen LogP contribution in [-0.4, -0.2) is 19.8 Å². The number of hydrogen-bond acceptors (Lipinski definition) is 3. The number of benzene rings is 2. The molecule has 0 radical (unpaired) electrons. The minimum absolute atomic E-state index is 0.0747. The molecular weight excluding hydrogens is 331 g/mol. The van der Waals surface area contributed by atoms with Gasteiger partial charge in [-0.1, -0.05) is 47.5 Å². The first-order chi connectivity index (χ1) is 9.84. The number of para-hydroxylation sites is 1. The van der Waals surface area contributed by atoms with Gasteiger partial charge >= 0.3 is 0 Å². The average Bonchev–Trinajstić information content (AvgIpc) is 2.44. The third-order valence-electron chi connectivity index (χ3n) is 3.03. The maximum absolute atomic E-state index is 12.5. The van der Waals surface area contributed by atoms with Gasteiger partial charge in [-0.05, 0) is 23.8 Å². The highest BCUT2D eigenvalue weighted by molar-refractivity contribution is 7.89. The van der Waals surface area contributed by atoms with Crippen LogP contribution in [0.25, 0.3) is 0 Å². The van der Waals surface area contributed by atoms with Crippen molar-refractivity contribution in [2.24, 2.45) is 0 Å². The maximum Gasteiger partial charge on any atom is 0.245 e.